The highest BCUT2D eigenvalue weighted by atomic mass is 16.5. The molecule has 3 N–H and O–H groups in total. The lowest BCUT2D eigenvalue weighted by Crippen LogP contribution is -2.49. The number of urea groups is 1. The summed E-state index contributed by atoms with van der Waals surface area (Å²) in [7, 11) is 1.74. The van der Waals surface area contributed by atoms with Crippen molar-refractivity contribution >= 4 is 23.3 Å². The number of amides is 3. The Balaban J connectivity index is 2.55. The smallest absolute Gasteiger partial charge is 0.326 e. The van der Waals surface area contributed by atoms with Crippen molar-refractivity contribution < 1.29 is 14.3 Å². The van der Waals surface area contributed by atoms with Crippen molar-refractivity contribution in [2.75, 3.05) is 17.3 Å². The molecule has 0 saturated heterocycles. The normalized spacial score (nSPS) is 18.4. The third kappa shape index (κ3) is 1.77. The maximum atomic E-state index is 11.8. The highest BCUT2D eigenvalue weighted by Crippen LogP contribution is 2.35. The maximum Gasteiger partial charge on any atom is 0.326 e. The summed E-state index contributed by atoms with van der Waals surface area (Å²) in [6, 6.07) is 4.32. The van der Waals surface area contributed by atoms with E-state index >= 15 is 0 Å². The number of rotatable bonds is 1. The largest absolute Gasteiger partial charge is 0.479 e. The van der Waals surface area contributed by atoms with Crippen LogP contribution < -0.4 is 20.7 Å². The van der Waals surface area contributed by atoms with Gasteiger partial charge in [-0.3, -0.25) is 4.79 Å². The molecule has 1 atom stereocenters. The van der Waals surface area contributed by atoms with Crippen LogP contribution in [-0.4, -0.2) is 25.1 Å². The molecular weight excluding hydrogens is 222 g/mol. The van der Waals surface area contributed by atoms with Crippen LogP contribution in [0.1, 0.15) is 6.92 Å². The zero-order valence-corrected chi connectivity index (χ0v) is 9.56. The third-order valence-electron chi connectivity index (χ3n) is 2.58. The van der Waals surface area contributed by atoms with Crippen molar-refractivity contribution in [1.82, 2.24) is 0 Å². The first-order valence-electron chi connectivity index (χ1n) is 5.16. The fraction of sp³-hybridized carbons (Fsp3) is 0.273. The van der Waals surface area contributed by atoms with Crippen molar-refractivity contribution in [3.05, 3.63) is 18.2 Å². The number of hydrogen-bond acceptors (Lipinski definition) is 4. The van der Waals surface area contributed by atoms with Gasteiger partial charge in [-0.1, -0.05) is 0 Å². The molecule has 0 fully saturated rings. The number of fused-ring (bicyclic) bond motifs is 1. The summed E-state index contributed by atoms with van der Waals surface area (Å²) >= 11 is 0. The van der Waals surface area contributed by atoms with Crippen LogP contribution in [0, 0.1) is 0 Å². The summed E-state index contributed by atoms with van der Waals surface area (Å²) in [6.45, 7) is 1.58. The number of nitrogens with zero attached hydrogens (tertiary/aromatic N) is 1. The lowest BCUT2D eigenvalue weighted by molar-refractivity contribution is -0.124. The minimum Gasteiger partial charge on any atom is -0.479 e. The van der Waals surface area contributed by atoms with E-state index in [1.54, 1.807) is 32.2 Å². The van der Waals surface area contributed by atoms with Crippen LogP contribution in [0.25, 0.3) is 0 Å². The van der Waals surface area contributed by atoms with Crippen LogP contribution in [0.15, 0.2) is 18.2 Å². The second-order valence-corrected chi connectivity index (χ2v) is 3.70. The Kier molecular flexibility index (Phi) is 2.63. The van der Waals surface area contributed by atoms with Crippen LogP contribution in [0.5, 0.6) is 5.75 Å². The molecule has 1 aliphatic rings. The third-order valence-corrected chi connectivity index (χ3v) is 2.58. The zero-order chi connectivity index (χ0) is 12.6. The second-order valence-electron chi connectivity index (χ2n) is 3.70. The van der Waals surface area contributed by atoms with Crippen LogP contribution in [0.3, 0.4) is 0 Å². The number of hydrogen-bond donors (Lipinski definition) is 2. The molecule has 0 aliphatic carbocycles. The molecule has 0 saturated carbocycles. The Labute approximate surface area is 98.3 Å². The topological polar surface area (TPSA) is 84.7 Å². The molecule has 90 valence electrons. The van der Waals surface area contributed by atoms with Gasteiger partial charge in [0.25, 0.3) is 5.91 Å². The molecule has 1 aromatic rings. The average molecular weight is 235 g/mol. The van der Waals surface area contributed by atoms with Crippen LogP contribution in [0.4, 0.5) is 16.2 Å². The van der Waals surface area contributed by atoms with E-state index in [1.165, 1.54) is 0 Å². The van der Waals surface area contributed by atoms with Gasteiger partial charge in [-0.15, -0.1) is 0 Å². The molecule has 2 rings (SSSR count). The molecule has 0 spiro atoms. The van der Waals surface area contributed by atoms with E-state index in [1.807, 2.05) is 0 Å². The Bertz CT molecular complexity index is 487. The Morgan fingerprint density at radius 3 is 2.82 bits per heavy atom. The number of nitrogens with two attached hydrogens (primary N) is 1. The minimum absolute atomic E-state index is 0.368. The molecule has 3 amide bonds. The number of primary amides is 1. The van der Waals surface area contributed by atoms with Crippen molar-refractivity contribution in [2.24, 2.45) is 5.73 Å². The van der Waals surface area contributed by atoms with Gasteiger partial charge in [0.1, 0.15) is 5.75 Å². The molecule has 6 nitrogen and oxygen atoms in total. The number of nitrogens with one attached hydrogen (secondary N) is 1. The molecule has 0 radical (unpaired) electrons. The van der Waals surface area contributed by atoms with Gasteiger partial charge in [-0.05, 0) is 25.1 Å². The second kappa shape index (κ2) is 3.97. The number of imide groups is 1. The van der Waals surface area contributed by atoms with Gasteiger partial charge >= 0.3 is 6.03 Å². The first-order valence-corrected chi connectivity index (χ1v) is 5.16. The molecule has 6 heteroatoms. The van der Waals surface area contributed by atoms with E-state index in [9.17, 15) is 9.59 Å². The summed E-state index contributed by atoms with van der Waals surface area (Å²) in [6.07, 6.45) is -0.713. The molecule has 1 heterocycles. The van der Waals surface area contributed by atoms with Crippen molar-refractivity contribution in [3.8, 4) is 5.75 Å². The molecule has 0 bridgehead atoms. The first kappa shape index (κ1) is 11.3. The summed E-state index contributed by atoms with van der Waals surface area (Å²) in [5, 5.41) is 2.92. The van der Waals surface area contributed by atoms with Crippen molar-refractivity contribution in [1.29, 1.82) is 0 Å². The zero-order valence-electron chi connectivity index (χ0n) is 9.56. The van der Waals surface area contributed by atoms with Crippen LogP contribution in [-0.2, 0) is 4.79 Å². The number of benzene rings is 1. The van der Waals surface area contributed by atoms with Gasteiger partial charge in [0.05, 0.1) is 5.69 Å². The maximum absolute atomic E-state index is 11.8. The molecule has 1 aliphatic heterocycles. The fourth-order valence-electron chi connectivity index (χ4n) is 1.72. The van der Waals surface area contributed by atoms with E-state index in [4.69, 9.17) is 10.5 Å². The number of carbonyl (C=O) groups excluding carboxylic acids is 2. The highest BCUT2D eigenvalue weighted by molar-refractivity contribution is 6.17. The highest BCUT2D eigenvalue weighted by Gasteiger charge is 2.34. The monoisotopic (exact) mass is 235 g/mol. The lowest BCUT2D eigenvalue weighted by Gasteiger charge is -2.30. The van der Waals surface area contributed by atoms with Crippen LogP contribution in [0.2, 0.25) is 0 Å². The summed E-state index contributed by atoms with van der Waals surface area (Å²) in [5.74, 6) is 0.00755. The summed E-state index contributed by atoms with van der Waals surface area (Å²) < 4.78 is 5.40. The molecule has 17 heavy (non-hydrogen) atoms. The standard InChI is InChI=1S/C11H13N3O3/c1-6-10(15)14(11(12)16)8-5-7(13-2)3-4-9(8)17-6/h3-6,13H,1-2H3,(H2,12,16). The molecular formula is C11H13N3O3. The van der Waals surface area contributed by atoms with Crippen molar-refractivity contribution in [3.63, 3.8) is 0 Å². The quantitative estimate of drug-likeness (QED) is 0.758. The van der Waals surface area contributed by atoms with E-state index in [0.717, 1.165) is 10.6 Å². The minimum atomic E-state index is -0.806. The van der Waals surface area contributed by atoms with Gasteiger partial charge in [-0.25, -0.2) is 9.69 Å². The predicted molar refractivity (Wildman–Crippen MR) is 63.1 cm³/mol. The van der Waals surface area contributed by atoms with Gasteiger partial charge in [-0.2, -0.15) is 0 Å². The Morgan fingerprint density at radius 1 is 1.53 bits per heavy atom. The van der Waals surface area contributed by atoms with Gasteiger partial charge in [0.15, 0.2) is 6.10 Å². The number of anilines is 2. The van der Waals surface area contributed by atoms with Gasteiger partial charge in [0, 0.05) is 12.7 Å². The van der Waals surface area contributed by atoms with E-state index in [2.05, 4.69) is 5.32 Å². The first-order chi connectivity index (χ1) is 8.04. The SMILES string of the molecule is CNc1ccc2c(c1)N(C(N)=O)C(=O)C(C)O2. The molecule has 0 aromatic heterocycles. The Morgan fingerprint density at radius 2 is 2.24 bits per heavy atom. The predicted octanol–water partition coefficient (Wildman–Crippen LogP) is 0.921. The molecule has 1 aromatic carbocycles. The van der Waals surface area contributed by atoms with Crippen molar-refractivity contribution in [2.45, 2.75) is 13.0 Å². The van der Waals surface area contributed by atoms with Gasteiger partial charge < -0.3 is 15.8 Å². The lowest BCUT2D eigenvalue weighted by atomic mass is 10.2. The summed E-state index contributed by atoms with van der Waals surface area (Å²) in [5.41, 5.74) is 6.35. The van der Waals surface area contributed by atoms with Crippen LogP contribution >= 0.6 is 0 Å². The fourth-order valence-corrected chi connectivity index (χ4v) is 1.72. The van der Waals surface area contributed by atoms with E-state index in [0.29, 0.717) is 11.4 Å². The van der Waals surface area contributed by atoms with E-state index in [-0.39, 0.29) is 0 Å². The van der Waals surface area contributed by atoms with E-state index < -0.39 is 18.0 Å². The summed E-state index contributed by atoms with van der Waals surface area (Å²) in [4.78, 5) is 24.1. The number of carbonyl (C=O) groups is 2. The molecule has 1 unspecified atom stereocenters. The number of ether oxygens (including phenoxy) is 1. The Hall–Kier alpha value is -2.24. The van der Waals surface area contributed by atoms with Gasteiger partial charge in [0.2, 0.25) is 0 Å². The average Bonchev–Trinajstić information content (AvgIpc) is 2.29.